The Balaban J connectivity index is 1.87. The minimum Gasteiger partial charge on any atom is -0.383 e. The summed E-state index contributed by atoms with van der Waals surface area (Å²) in [4.78, 5) is 4.46. The Labute approximate surface area is 113 Å². The number of aliphatic imine (C=N–C) groups is 1. The molecule has 2 heteroatoms. The van der Waals surface area contributed by atoms with Crippen LogP contribution in [0.5, 0.6) is 0 Å². The Morgan fingerprint density at radius 3 is 2.58 bits per heavy atom. The third kappa shape index (κ3) is 2.51. The van der Waals surface area contributed by atoms with E-state index >= 15 is 0 Å². The monoisotopic (exact) mass is 246 g/mol. The van der Waals surface area contributed by atoms with Gasteiger partial charge in [-0.25, -0.2) is 0 Å². The third-order valence-electron chi connectivity index (χ3n) is 3.16. The number of rotatable bonds is 0. The van der Waals surface area contributed by atoms with Crippen molar-refractivity contribution in [2.24, 2.45) is 10.7 Å². The molecule has 0 aliphatic carbocycles. The van der Waals surface area contributed by atoms with Crippen molar-refractivity contribution < 1.29 is 0 Å². The van der Waals surface area contributed by atoms with Crippen LogP contribution in [-0.2, 0) is 6.42 Å². The largest absolute Gasteiger partial charge is 0.383 e. The highest BCUT2D eigenvalue weighted by Gasteiger charge is 2.16. The molecule has 92 valence electrons. The van der Waals surface area contributed by atoms with Crippen LogP contribution < -0.4 is 5.73 Å². The van der Waals surface area contributed by atoms with Gasteiger partial charge in [0.2, 0.25) is 0 Å². The second kappa shape index (κ2) is 4.99. The van der Waals surface area contributed by atoms with E-state index in [0.29, 0.717) is 5.84 Å². The van der Waals surface area contributed by atoms with Crippen molar-refractivity contribution in [2.75, 3.05) is 0 Å². The number of hydrogen-bond acceptors (Lipinski definition) is 2. The Bertz CT molecular complexity index is 675. The highest BCUT2D eigenvalue weighted by atomic mass is 14.9. The van der Waals surface area contributed by atoms with Crippen LogP contribution in [0, 0.1) is 11.8 Å². The molecule has 2 nitrogen and oxygen atoms in total. The van der Waals surface area contributed by atoms with Gasteiger partial charge in [0, 0.05) is 17.5 Å². The number of amidine groups is 1. The zero-order valence-corrected chi connectivity index (χ0v) is 10.5. The topological polar surface area (TPSA) is 38.4 Å². The summed E-state index contributed by atoms with van der Waals surface area (Å²) in [6.45, 7) is 0. The van der Waals surface area contributed by atoms with Gasteiger partial charge in [0.25, 0.3) is 0 Å². The van der Waals surface area contributed by atoms with E-state index in [1.807, 2.05) is 48.5 Å². The first-order chi connectivity index (χ1) is 9.33. The van der Waals surface area contributed by atoms with Crippen LogP contribution in [0.15, 0.2) is 59.6 Å². The Kier molecular flexibility index (Phi) is 3.04. The molecule has 1 aliphatic rings. The van der Waals surface area contributed by atoms with E-state index in [4.69, 9.17) is 5.73 Å². The zero-order chi connectivity index (χ0) is 13.1. The van der Waals surface area contributed by atoms with Gasteiger partial charge in [-0.1, -0.05) is 54.3 Å². The molecule has 1 heterocycles. The van der Waals surface area contributed by atoms with Crippen LogP contribution >= 0.6 is 0 Å². The first kappa shape index (κ1) is 11.6. The van der Waals surface area contributed by atoms with Crippen molar-refractivity contribution >= 4 is 5.84 Å². The fraction of sp³-hybridized carbons (Fsp3) is 0.118. The Morgan fingerprint density at radius 1 is 1.00 bits per heavy atom. The lowest BCUT2D eigenvalue weighted by molar-refractivity contribution is 0.816. The van der Waals surface area contributed by atoms with Crippen LogP contribution in [-0.4, -0.2) is 11.9 Å². The molecule has 0 spiro atoms. The van der Waals surface area contributed by atoms with Gasteiger partial charge in [0.05, 0.1) is 0 Å². The third-order valence-corrected chi connectivity index (χ3v) is 3.16. The van der Waals surface area contributed by atoms with Gasteiger partial charge in [0.1, 0.15) is 11.9 Å². The SMILES string of the molecule is NC1=NC(C#Cc2ccccc2)Cc2ccccc21. The normalized spacial score (nSPS) is 16.8. The molecule has 0 fully saturated rings. The highest BCUT2D eigenvalue weighted by molar-refractivity contribution is 5.99. The highest BCUT2D eigenvalue weighted by Crippen LogP contribution is 2.17. The van der Waals surface area contributed by atoms with E-state index in [9.17, 15) is 0 Å². The number of benzene rings is 2. The van der Waals surface area contributed by atoms with Crippen LogP contribution in [0.3, 0.4) is 0 Å². The molecule has 0 saturated carbocycles. The molecule has 0 radical (unpaired) electrons. The molecule has 0 bridgehead atoms. The number of nitrogens with zero attached hydrogens (tertiary/aromatic N) is 1. The van der Waals surface area contributed by atoms with Crippen molar-refractivity contribution in [1.29, 1.82) is 0 Å². The number of fused-ring (bicyclic) bond motifs is 1. The molecule has 0 amide bonds. The fourth-order valence-corrected chi connectivity index (χ4v) is 2.21. The Hall–Kier alpha value is -2.53. The molecule has 0 aromatic heterocycles. The summed E-state index contributed by atoms with van der Waals surface area (Å²) < 4.78 is 0. The van der Waals surface area contributed by atoms with Gasteiger partial charge in [-0.2, -0.15) is 0 Å². The van der Waals surface area contributed by atoms with E-state index in [0.717, 1.165) is 17.5 Å². The first-order valence-electron chi connectivity index (χ1n) is 6.31. The molecule has 2 aromatic carbocycles. The summed E-state index contributed by atoms with van der Waals surface area (Å²) in [5.74, 6) is 6.94. The summed E-state index contributed by atoms with van der Waals surface area (Å²) in [7, 11) is 0. The van der Waals surface area contributed by atoms with Crippen molar-refractivity contribution in [1.82, 2.24) is 0 Å². The zero-order valence-electron chi connectivity index (χ0n) is 10.5. The average molecular weight is 246 g/mol. The average Bonchev–Trinajstić information content (AvgIpc) is 2.46. The second-order valence-electron chi connectivity index (χ2n) is 4.53. The first-order valence-corrected chi connectivity index (χ1v) is 6.31. The Morgan fingerprint density at radius 2 is 1.74 bits per heavy atom. The summed E-state index contributed by atoms with van der Waals surface area (Å²) >= 11 is 0. The molecular formula is C17H14N2. The summed E-state index contributed by atoms with van der Waals surface area (Å²) in [5, 5.41) is 0. The maximum absolute atomic E-state index is 5.99. The lowest BCUT2D eigenvalue weighted by atomic mass is 9.96. The lowest BCUT2D eigenvalue weighted by Crippen LogP contribution is -2.25. The molecule has 1 atom stereocenters. The van der Waals surface area contributed by atoms with E-state index < -0.39 is 0 Å². The smallest absolute Gasteiger partial charge is 0.127 e. The predicted molar refractivity (Wildman–Crippen MR) is 78.0 cm³/mol. The molecule has 1 aliphatic heterocycles. The van der Waals surface area contributed by atoms with Gasteiger partial charge in [0.15, 0.2) is 0 Å². The maximum atomic E-state index is 5.99. The van der Waals surface area contributed by atoms with Gasteiger partial charge in [-0.05, 0) is 17.7 Å². The van der Waals surface area contributed by atoms with Crippen molar-refractivity contribution in [3.05, 3.63) is 71.3 Å². The second-order valence-corrected chi connectivity index (χ2v) is 4.53. The molecule has 3 rings (SSSR count). The van der Waals surface area contributed by atoms with Crippen LogP contribution in [0.25, 0.3) is 0 Å². The van der Waals surface area contributed by atoms with E-state index in [1.54, 1.807) is 0 Å². The molecule has 19 heavy (non-hydrogen) atoms. The van der Waals surface area contributed by atoms with Crippen molar-refractivity contribution in [3.8, 4) is 11.8 Å². The number of nitrogens with two attached hydrogens (primary N) is 1. The summed E-state index contributed by atoms with van der Waals surface area (Å²) in [5.41, 5.74) is 9.26. The molecule has 2 N–H and O–H groups in total. The van der Waals surface area contributed by atoms with Crippen LogP contribution in [0.2, 0.25) is 0 Å². The van der Waals surface area contributed by atoms with Gasteiger partial charge >= 0.3 is 0 Å². The van der Waals surface area contributed by atoms with Crippen molar-refractivity contribution in [3.63, 3.8) is 0 Å². The van der Waals surface area contributed by atoms with Crippen LogP contribution in [0.4, 0.5) is 0 Å². The molecule has 1 unspecified atom stereocenters. The standard InChI is InChI=1S/C17H14N2/c18-17-16-9-5-4-8-14(16)12-15(19-17)11-10-13-6-2-1-3-7-13/h1-9,15H,12H2,(H2,18,19). The fourth-order valence-electron chi connectivity index (χ4n) is 2.21. The molecule has 0 saturated heterocycles. The van der Waals surface area contributed by atoms with Gasteiger partial charge in [-0.15, -0.1) is 0 Å². The van der Waals surface area contributed by atoms with Crippen LogP contribution in [0.1, 0.15) is 16.7 Å². The van der Waals surface area contributed by atoms with E-state index in [2.05, 4.69) is 22.9 Å². The van der Waals surface area contributed by atoms with E-state index in [1.165, 1.54) is 5.56 Å². The molecule has 2 aromatic rings. The van der Waals surface area contributed by atoms with E-state index in [-0.39, 0.29) is 6.04 Å². The number of hydrogen-bond donors (Lipinski definition) is 1. The van der Waals surface area contributed by atoms with Gasteiger partial charge in [-0.3, -0.25) is 4.99 Å². The van der Waals surface area contributed by atoms with Gasteiger partial charge < -0.3 is 5.73 Å². The summed E-state index contributed by atoms with van der Waals surface area (Å²) in [6.07, 6.45) is 0.830. The minimum atomic E-state index is -0.0462. The maximum Gasteiger partial charge on any atom is 0.127 e. The molecular weight excluding hydrogens is 232 g/mol. The predicted octanol–water partition coefficient (Wildman–Crippen LogP) is 2.37. The summed E-state index contributed by atoms with van der Waals surface area (Å²) in [6, 6.07) is 18.0. The van der Waals surface area contributed by atoms with Crippen molar-refractivity contribution in [2.45, 2.75) is 12.5 Å². The lowest BCUT2D eigenvalue weighted by Gasteiger charge is -2.17. The minimum absolute atomic E-state index is 0.0462. The quantitative estimate of drug-likeness (QED) is 0.712.